The first kappa shape index (κ1) is 12.8. The van der Waals surface area contributed by atoms with E-state index >= 15 is 0 Å². The lowest BCUT2D eigenvalue weighted by Gasteiger charge is -2.29. The van der Waals surface area contributed by atoms with Crippen molar-refractivity contribution in [1.29, 1.82) is 0 Å². The number of hydrogen-bond donors (Lipinski definition) is 2. The van der Waals surface area contributed by atoms with Crippen LogP contribution in [0, 0.1) is 5.92 Å². The third-order valence-electron chi connectivity index (χ3n) is 5.18. The molecule has 1 aliphatic carbocycles. The van der Waals surface area contributed by atoms with E-state index in [1.54, 1.807) is 0 Å². The Bertz CT molecular complexity index is 611. The molecular formula is C14H19N5O2. The minimum absolute atomic E-state index is 0.110. The molecule has 1 saturated carbocycles. The van der Waals surface area contributed by atoms with E-state index in [4.69, 9.17) is 0 Å². The lowest BCUT2D eigenvalue weighted by molar-refractivity contribution is -0.120. The molecule has 2 amide bonds. The maximum atomic E-state index is 12.3. The van der Waals surface area contributed by atoms with Crippen LogP contribution in [-0.4, -0.2) is 38.9 Å². The molecule has 2 atom stereocenters. The highest BCUT2D eigenvalue weighted by Gasteiger charge is 2.49. The van der Waals surface area contributed by atoms with Gasteiger partial charge in [-0.05, 0) is 31.6 Å². The summed E-state index contributed by atoms with van der Waals surface area (Å²) in [5.74, 6) is 0.300. The predicted octanol–water partition coefficient (Wildman–Crippen LogP) is 0.0129. The van der Waals surface area contributed by atoms with Gasteiger partial charge < -0.3 is 10.6 Å². The van der Waals surface area contributed by atoms with E-state index in [9.17, 15) is 9.59 Å². The largest absolute Gasteiger partial charge is 0.349 e. The van der Waals surface area contributed by atoms with Crippen LogP contribution < -0.4 is 10.6 Å². The number of nitrogens with zero attached hydrogens (tertiary/aromatic N) is 3. The van der Waals surface area contributed by atoms with Gasteiger partial charge in [0.1, 0.15) is 0 Å². The topological polar surface area (TPSA) is 88.9 Å². The summed E-state index contributed by atoms with van der Waals surface area (Å²) < 4.78 is 1.81. The summed E-state index contributed by atoms with van der Waals surface area (Å²) in [6.45, 7) is 1.34. The van der Waals surface area contributed by atoms with E-state index in [-0.39, 0.29) is 17.4 Å². The summed E-state index contributed by atoms with van der Waals surface area (Å²) in [5, 5.41) is 14.1. The third-order valence-corrected chi connectivity index (χ3v) is 5.18. The molecule has 2 aliphatic heterocycles. The second-order valence-electron chi connectivity index (χ2n) is 6.39. The normalized spacial score (nSPS) is 30.1. The zero-order valence-electron chi connectivity index (χ0n) is 11.9. The van der Waals surface area contributed by atoms with Crippen LogP contribution in [0.3, 0.4) is 0 Å². The molecule has 3 heterocycles. The second kappa shape index (κ2) is 4.54. The fourth-order valence-corrected chi connectivity index (χ4v) is 4.09. The van der Waals surface area contributed by atoms with E-state index in [0.717, 1.165) is 44.3 Å². The Hall–Kier alpha value is -1.92. The van der Waals surface area contributed by atoms with Crippen molar-refractivity contribution in [3.8, 4) is 0 Å². The molecule has 21 heavy (non-hydrogen) atoms. The molecule has 112 valence electrons. The van der Waals surface area contributed by atoms with Gasteiger partial charge >= 0.3 is 0 Å². The first-order chi connectivity index (χ1) is 10.2. The Balaban J connectivity index is 1.47. The number of nitrogens with one attached hydrogen (secondary N) is 2. The van der Waals surface area contributed by atoms with Gasteiger partial charge in [0.25, 0.3) is 5.91 Å². The Morgan fingerprint density at radius 2 is 2.38 bits per heavy atom. The Morgan fingerprint density at radius 3 is 3.29 bits per heavy atom. The van der Waals surface area contributed by atoms with Crippen LogP contribution >= 0.6 is 0 Å². The minimum Gasteiger partial charge on any atom is -0.349 e. The van der Waals surface area contributed by atoms with Crippen molar-refractivity contribution in [2.75, 3.05) is 6.54 Å². The number of aromatic nitrogens is 3. The van der Waals surface area contributed by atoms with Crippen molar-refractivity contribution < 1.29 is 9.59 Å². The smallest absolute Gasteiger partial charge is 0.273 e. The van der Waals surface area contributed by atoms with Crippen LogP contribution in [-0.2, 0) is 17.8 Å². The molecule has 2 fully saturated rings. The molecule has 0 bridgehead atoms. The highest BCUT2D eigenvalue weighted by molar-refractivity contribution is 5.93. The average Bonchev–Trinajstić information content (AvgIpc) is 3.13. The molecule has 0 radical (unpaired) electrons. The minimum atomic E-state index is -0.233. The van der Waals surface area contributed by atoms with E-state index in [0.29, 0.717) is 24.6 Å². The van der Waals surface area contributed by atoms with Crippen LogP contribution in [0.25, 0.3) is 0 Å². The average molecular weight is 289 g/mol. The van der Waals surface area contributed by atoms with Crippen molar-refractivity contribution in [2.24, 2.45) is 5.92 Å². The van der Waals surface area contributed by atoms with Gasteiger partial charge in [0.2, 0.25) is 5.91 Å². The monoisotopic (exact) mass is 289 g/mol. The molecule has 3 aliphatic rings. The van der Waals surface area contributed by atoms with Gasteiger partial charge in [0, 0.05) is 19.5 Å². The number of aryl methyl sites for hydroxylation is 1. The van der Waals surface area contributed by atoms with Crippen LogP contribution in [0.1, 0.15) is 48.3 Å². The van der Waals surface area contributed by atoms with Crippen molar-refractivity contribution in [2.45, 2.75) is 50.6 Å². The predicted molar refractivity (Wildman–Crippen MR) is 73.5 cm³/mol. The molecule has 4 rings (SSSR count). The molecule has 7 nitrogen and oxygen atoms in total. The van der Waals surface area contributed by atoms with Gasteiger partial charge in [-0.2, -0.15) is 0 Å². The number of amides is 2. The van der Waals surface area contributed by atoms with Crippen molar-refractivity contribution >= 4 is 11.8 Å². The van der Waals surface area contributed by atoms with Crippen molar-refractivity contribution in [1.82, 2.24) is 25.6 Å². The highest BCUT2D eigenvalue weighted by atomic mass is 16.2. The first-order valence-electron chi connectivity index (χ1n) is 7.69. The van der Waals surface area contributed by atoms with Gasteiger partial charge in [-0.15, -0.1) is 5.10 Å². The summed E-state index contributed by atoms with van der Waals surface area (Å²) in [5.41, 5.74) is 1.15. The lowest BCUT2D eigenvalue weighted by Crippen LogP contribution is -2.52. The molecule has 2 unspecified atom stereocenters. The molecule has 1 saturated heterocycles. The van der Waals surface area contributed by atoms with E-state index in [1.165, 1.54) is 0 Å². The summed E-state index contributed by atoms with van der Waals surface area (Å²) in [6, 6.07) is 0. The van der Waals surface area contributed by atoms with E-state index in [1.807, 2.05) is 4.68 Å². The van der Waals surface area contributed by atoms with Crippen LogP contribution in [0.2, 0.25) is 0 Å². The molecule has 2 N–H and O–H groups in total. The van der Waals surface area contributed by atoms with Crippen molar-refractivity contribution in [3.63, 3.8) is 0 Å². The van der Waals surface area contributed by atoms with Crippen LogP contribution in [0.15, 0.2) is 0 Å². The Labute approximate surface area is 122 Å². The SMILES string of the molecule is O=C1CC2CCCC2(CNC(=O)c2nnn3c2CCC3)N1. The highest BCUT2D eigenvalue weighted by Crippen LogP contribution is 2.41. The summed E-state index contributed by atoms with van der Waals surface area (Å²) in [4.78, 5) is 24.0. The Kier molecular flexibility index (Phi) is 2.77. The lowest BCUT2D eigenvalue weighted by atomic mass is 9.89. The van der Waals surface area contributed by atoms with Gasteiger partial charge in [0.15, 0.2) is 5.69 Å². The number of carbonyl (C=O) groups excluding carboxylic acids is 2. The third kappa shape index (κ3) is 1.94. The number of carbonyl (C=O) groups is 2. The van der Waals surface area contributed by atoms with Crippen LogP contribution in [0.5, 0.6) is 0 Å². The number of hydrogen-bond acceptors (Lipinski definition) is 4. The van der Waals surface area contributed by atoms with Gasteiger partial charge in [-0.25, -0.2) is 4.68 Å². The first-order valence-corrected chi connectivity index (χ1v) is 7.69. The van der Waals surface area contributed by atoms with Gasteiger partial charge in [-0.1, -0.05) is 11.6 Å². The standard InChI is InChI=1S/C14H19N5O2/c20-11-7-9-3-1-5-14(9,16-11)8-15-13(21)12-10-4-2-6-19(10)18-17-12/h9H,1-8H2,(H,15,21)(H,16,20). The molecule has 0 spiro atoms. The molecule has 7 heteroatoms. The summed E-state index contributed by atoms with van der Waals surface area (Å²) in [7, 11) is 0. The summed E-state index contributed by atoms with van der Waals surface area (Å²) >= 11 is 0. The zero-order chi connectivity index (χ0) is 14.4. The van der Waals surface area contributed by atoms with Crippen LogP contribution in [0.4, 0.5) is 0 Å². The fourth-order valence-electron chi connectivity index (χ4n) is 4.09. The Morgan fingerprint density at radius 1 is 1.48 bits per heavy atom. The number of rotatable bonds is 3. The summed E-state index contributed by atoms with van der Waals surface area (Å²) in [6.07, 6.45) is 5.60. The second-order valence-corrected chi connectivity index (χ2v) is 6.39. The fraction of sp³-hybridized carbons (Fsp3) is 0.714. The maximum absolute atomic E-state index is 12.3. The molecule has 0 aromatic carbocycles. The van der Waals surface area contributed by atoms with Crippen molar-refractivity contribution in [3.05, 3.63) is 11.4 Å². The number of fused-ring (bicyclic) bond motifs is 2. The quantitative estimate of drug-likeness (QED) is 0.820. The van der Waals surface area contributed by atoms with E-state index in [2.05, 4.69) is 20.9 Å². The maximum Gasteiger partial charge on any atom is 0.273 e. The van der Waals surface area contributed by atoms with Gasteiger partial charge in [-0.3, -0.25) is 9.59 Å². The van der Waals surface area contributed by atoms with E-state index < -0.39 is 0 Å². The molecule has 1 aromatic rings. The molecule has 1 aromatic heterocycles. The molecular weight excluding hydrogens is 270 g/mol. The van der Waals surface area contributed by atoms with Gasteiger partial charge in [0.05, 0.1) is 11.2 Å². The zero-order valence-corrected chi connectivity index (χ0v) is 11.9.